The van der Waals surface area contributed by atoms with Crippen molar-refractivity contribution in [3.63, 3.8) is 0 Å². The number of benzene rings is 1. The van der Waals surface area contributed by atoms with Crippen LogP contribution in [0.1, 0.15) is 29.3 Å². The Morgan fingerprint density at radius 3 is 2.70 bits per heavy atom. The number of nitrogens with one attached hydrogen (secondary N) is 1. The molecule has 1 fully saturated rings. The van der Waals surface area contributed by atoms with Gasteiger partial charge in [0.25, 0.3) is 5.91 Å². The van der Waals surface area contributed by atoms with Crippen molar-refractivity contribution >= 4 is 21.8 Å². The van der Waals surface area contributed by atoms with Gasteiger partial charge in [0.2, 0.25) is 0 Å². The summed E-state index contributed by atoms with van der Waals surface area (Å²) >= 11 is 2.98. The number of hydrogen-bond donors (Lipinski definition) is 1. The van der Waals surface area contributed by atoms with Gasteiger partial charge in [-0.1, -0.05) is 15.9 Å². The van der Waals surface area contributed by atoms with Crippen LogP contribution >= 0.6 is 15.9 Å². The van der Waals surface area contributed by atoms with Gasteiger partial charge < -0.3 is 10.1 Å². The van der Waals surface area contributed by atoms with Crippen LogP contribution < -0.4 is 5.32 Å². The van der Waals surface area contributed by atoms with E-state index in [1.807, 2.05) is 0 Å². The summed E-state index contributed by atoms with van der Waals surface area (Å²) in [5, 5.41) is 2.62. The van der Waals surface area contributed by atoms with Gasteiger partial charge in [0.05, 0.1) is 23.3 Å². The van der Waals surface area contributed by atoms with E-state index in [0.717, 1.165) is 6.07 Å². The maximum absolute atomic E-state index is 13.0. The molecule has 1 N–H and O–H groups in total. The van der Waals surface area contributed by atoms with E-state index in [4.69, 9.17) is 4.74 Å². The van der Waals surface area contributed by atoms with Gasteiger partial charge in [-0.3, -0.25) is 4.79 Å². The number of amides is 1. The van der Waals surface area contributed by atoms with Crippen LogP contribution in [0.4, 0.5) is 13.2 Å². The van der Waals surface area contributed by atoms with E-state index >= 15 is 0 Å². The molecule has 0 aliphatic carbocycles. The first-order valence-corrected chi connectivity index (χ1v) is 6.78. The third-order valence-electron chi connectivity index (χ3n) is 3.17. The zero-order valence-corrected chi connectivity index (χ0v) is 12.3. The highest BCUT2D eigenvalue weighted by atomic mass is 79.9. The molecule has 1 amide bonds. The Balaban J connectivity index is 2.30. The van der Waals surface area contributed by atoms with Gasteiger partial charge >= 0.3 is 6.18 Å². The van der Waals surface area contributed by atoms with E-state index in [1.54, 1.807) is 6.92 Å². The molecule has 1 unspecified atom stereocenters. The lowest BCUT2D eigenvalue weighted by Crippen LogP contribution is -2.46. The molecule has 1 aromatic carbocycles. The summed E-state index contributed by atoms with van der Waals surface area (Å²) in [7, 11) is 0. The summed E-state index contributed by atoms with van der Waals surface area (Å²) in [5.41, 5.74) is -1.95. The van der Waals surface area contributed by atoms with Crippen molar-refractivity contribution in [3.8, 4) is 0 Å². The van der Waals surface area contributed by atoms with Crippen molar-refractivity contribution in [1.82, 2.24) is 5.32 Å². The highest BCUT2D eigenvalue weighted by Gasteiger charge is 2.37. The number of halogens is 4. The molecule has 7 heteroatoms. The first kappa shape index (κ1) is 15.3. The fourth-order valence-corrected chi connectivity index (χ4v) is 2.42. The summed E-state index contributed by atoms with van der Waals surface area (Å²) < 4.78 is 44.4. The Kier molecular flexibility index (Phi) is 4.11. The zero-order valence-electron chi connectivity index (χ0n) is 10.7. The molecule has 2 rings (SSSR count). The van der Waals surface area contributed by atoms with Crippen LogP contribution in [-0.2, 0) is 10.9 Å². The molecule has 1 saturated heterocycles. The Labute approximate surface area is 122 Å². The zero-order chi connectivity index (χ0) is 15.0. The van der Waals surface area contributed by atoms with Crippen LogP contribution in [0.3, 0.4) is 0 Å². The molecule has 110 valence electrons. The maximum atomic E-state index is 13.0. The second kappa shape index (κ2) is 5.37. The van der Waals surface area contributed by atoms with Crippen molar-refractivity contribution < 1.29 is 22.7 Å². The molecule has 0 bridgehead atoms. The molecule has 1 atom stereocenters. The van der Waals surface area contributed by atoms with Crippen LogP contribution in [-0.4, -0.2) is 24.7 Å². The third kappa shape index (κ3) is 3.32. The molecule has 1 heterocycles. The van der Waals surface area contributed by atoms with E-state index in [9.17, 15) is 18.0 Å². The van der Waals surface area contributed by atoms with Crippen molar-refractivity contribution in [2.75, 3.05) is 13.2 Å². The van der Waals surface area contributed by atoms with Gasteiger partial charge in [-0.25, -0.2) is 0 Å². The standard InChI is InChI=1S/C13H13BrF3NO2/c1-12(4-5-20-7-12)18-11(19)9-3-2-8(14)6-10(9)13(15,16)17/h2-3,6H,4-5,7H2,1H3,(H,18,19). The predicted molar refractivity (Wildman–Crippen MR) is 70.5 cm³/mol. The normalized spacial score (nSPS) is 22.9. The van der Waals surface area contributed by atoms with Crippen LogP contribution in [0, 0.1) is 0 Å². The van der Waals surface area contributed by atoms with E-state index in [2.05, 4.69) is 21.2 Å². The monoisotopic (exact) mass is 351 g/mol. The molecule has 20 heavy (non-hydrogen) atoms. The number of alkyl halides is 3. The molecule has 0 saturated carbocycles. The summed E-state index contributed by atoms with van der Waals surface area (Å²) in [6, 6.07) is 3.49. The van der Waals surface area contributed by atoms with Crippen molar-refractivity contribution in [2.24, 2.45) is 0 Å². The van der Waals surface area contributed by atoms with Gasteiger partial charge in [0.1, 0.15) is 0 Å². The summed E-state index contributed by atoms with van der Waals surface area (Å²) in [5.74, 6) is -0.738. The average Bonchev–Trinajstić information content (AvgIpc) is 2.74. The number of rotatable bonds is 2. The fraction of sp³-hybridized carbons (Fsp3) is 0.462. The van der Waals surface area contributed by atoms with Gasteiger partial charge in [0, 0.05) is 11.1 Å². The van der Waals surface area contributed by atoms with E-state index in [1.165, 1.54) is 12.1 Å². The number of carbonyl (C=O) groups excluding carboxylic acids is 1. The SMILES string of the molecule is CC1(NC(=O)c2ccc(Br)cc2C(F)(F)F)CCOC1. The lowest BCUT2D eigenvalue weighted by atomic mass is 9.99. The van der Waals surface area contributed by atoms with Crippen molar-refractivity contribution in [1.29, 1.82) is 0 Å². The number of carbonyl (C=O) groups is 1. The van der Waals surface area contributed by atoms with Crippen LogP contribution in [0.15, 0.2) is 22.7 Å². The third-order valence-corrected chi connectivity index (χ3v) is 3.66. The first-order chi connectivity index (χ1) is 9.21. The lowest BCUT2D eigenvalue weighted by Gasteiger charge is -2.24. The number of hydrogen-bond acceptors (Lipinski definition) is 2. The largest absolute Gasteiger partial charge is 0.417 e. The quantitative estimate of drug-likeness (QED) is 0.886. The molecule has 1 aliphatic heterocycles. The van der Waals surface area contributed by atoms with Crippen molar-refractivity contribution in [2.45, 2.75) is 25.1 Å². The second-order valence-electron chi connectivity index (χ2n) is 5.01. The Morgan fingerprint density at radius 1 is 1.45 bits per heavy atom. The minimum Gasteiger partial charge on any atom is -0.379 e. The summed E-state index contributed by atoms with van der Waals surface area (Å²) in [4.78, 5) is 12.1. The van der Waals surface area contributed by atoms with E-state index in [0.29, 0.717) is 19.6 Å². The molecule has 3 nitrogen and oxygen atoms in total. The molecular formula is C13H13BrF3NO2. The molecule has 1 aromatic rings. The van der Waals surface area contributed by atoms with Crippen LogP contribution in [0.5, 0.6) is 0 Å². The first-order valence-electron chi connectivity index (χ1n) is 5.98. The second-order valence-corrected chi connectivity index (χ2v) is 5.92. The average molecular weight is 352 g/mol. The topological polar surface area (TPSA) is 38.3 Å². The molecule has 1 aliphatic rings. The predicted octanol–water partition coefficient (Wildman–Crippen LogP) is 3.38. The Bertz CT molecular complexity index is 525. The highest BCUT2D eigenvalue weighted by Crippen LogP contribution is 2.34. The molecule has 0 radical (unpaired) electrons. The highest BCUT2D eigenvalue weighted by molar-refractivity contribution is 9.10. The number of ether oxygens (including phenoxy) is 1. The fourth-order valence-electron chi connectivity index (χ4n) is 2.06. The minimum absolute atomic E-state index is 0.275. The summed E-state index contributed by atoms with van der Waals surface area (Å²) in [6.07, 6.45) is -4.00. The van der Waals surface area contributed by atoms with E-state index in [-0.39, 0.29) is 10.0 Å². The van der Waals surface area contributed by atoms with Crippen molar-refractivity contribution in [3.05, 3.63) is 33.8 Å². The Hall–Kier alpha value is -1.08. The van der Waals surface area contributed by atoms with Gasteiger partial charge in [-0.2, -0.15) is 13.2 Å². The minimum atomic E-state index is -4.58. The van der Waals surface area contributed by atoms with Gasteiger partial charge in [0.15, 0.2) is 0 Å². The maximum Gasteiger partial charge on any atom is 0.417 e. The van der Waals surface area contributed by atoms with Crippen LogP contribution in [0.25, 0.3) is 0 Å². The molecular weight excluding hydrogens is 339 g/mol. The van der Waals surface area contributed by atoms with E-state index < -0.39 is 23.2 Å². The van der Waals surface area contributed by atoms with Crippen LogP contribution in [0.2, 0.25) is 0 Å². The smallest absolute Gasteiger partial charge is 0.379 e. The lowest BCUT2D eigenvalue weighted by molar-refractivity contribution is -0.138. The van der Waals surface area contributed by atoms with Gasteiger partial charge in [-0.15, -0.1) is 0 Å². The molecule has 0 aromatic heterocycles. The summed E-state index contributed by atoms with van der Waals surface area (Å²) in [6.45, 7) is 2.55. The van der Waals surface area contributed by atoms with Gasteiger partial charge in [-0.05, 0) is 31.5 Å². The molecule has 0 spiro atoms. The Morgan fingerprint density at radius 2 is 2.15 bits per heavy atom.